The second-order valence-electron chi connectivity index (χ2n) is 7.29. The maximum Gasteiger partial charge on any atom is 0.191 e. The third kappa shape index (κ3) is 7.44. The summed E-state index contributed by atoms with van der Waals surface area (Å²) in [7, 11) is 1.83. The molecule has 1 atom stereocenters. The SMILES string of the molecule is CN=C(NCC1CCCCCCC1)NCC1(CCO)CCOC1.I. The van der Waals surface area contributed by atoms with Crippen LogP contribution in [0.1, 0.15) is 57.8 Å². The predicted molar refractivity (Wildman–Crippen MR) is 110 cm³/mol. The van der Waals surface area contributed by atoms with Crippen molar-refractivity contribution in [1.29, 1.82) is 0 Å². The Kier molecular flexibility index (Phi) is 11.3. The number of ether oxygens (including phenoxy) is 1. The summed E-state index contributed by atoms with van der Waals surface area (Å²) in [6.45, 7) is 3.59. The first-order valence-electron chi connectivity index (χ1n) is 9.41. The molecule has 24 heavy (non-hydrogen) atoms. The summed E-state index contributed by atoms with van der Waals surface area (Å²) in [5.74, 6) is 1.66. The number of nitrogens with one attached hydrogen (secondary N) is 2. The van der Waals surface area contributed by atoms with Gasteiger partial charge >= 0.3 is 0 Å². The Hall–Kier alpha value is -0.0800. The highest BCUT2D eigenvalue weighted by Crippen LogP contribution is 2.31. The largest absolute Gasteiger partial charge is 0.396 e. The molecule has 0 aromatic rings. The molecule has 2 fully saturated rings. The van der Waals surface area contributed by atoms with Crippen molar-refractivity contribution in [1.82, 2.24) is 10.6 Å². The summed E-state index contributed by atoms with van der Waals surface area (Å²) in [6.07, 6.45) is 11.4. The van der Waals surface area contributed by atoms with Crippen LogP contribution in [0.2, 0.25) is 0 Å². The lowest BCUT2D eigenvalue weighted by Gasteiger charge is -2.28. The summed E-state index contributed by atoms with van der Waals surface area (Å²) in [6, 6.07) is 0. The van der Waals surface area contributed by atoms with Crippen LogP contribution in [-0.2, 0) is 4.74 Å². The Bertz CT molecular complexity index is 352. The number of aliphatic hydroxyl groups excluding tert-OH is 1. The fraction of sp³-hybridized carbons (Fsp3) is 0.944. The molecule has 1 unspecified atom stereocenters. The molecule has 1 saturated heterocycles. The quantitative estimate of drug-likeness (QED) is 0.329. The van der Waals surface area contributed by atoms with Gasteiger partial charge in [0.05, 0.1) is 6.61 Å². The molecular formula is C18H36IN3O2. The lowest BCUT2D eigenvalue weighted by atomic mass is 9.84. The summed E-state index contributed by atoms with van der Waals surface area (Å²) < 4.78 is 5.55. The number of nitrogens with zero attached hydrogens (tertiary/aromatic N) is 1. The Morgan fingerprint density at radius 3 is 2.46 bits per heavy atom. The van der Waals surface area contributed by atoms with Gasteiger partial charge in [-0.2, -0.15) is 0 Å². The molecule has 2 rings (SSSR count). The molecule has 1 heterocycles. The van der Waals surface area contributed by atoms with Crippen LogP contribution in [0.15, 0.2) is 4.99 Å². The zero-order chi connectivity index (χ0) is 16.4. The van der Waals surface area contributed by atoms with Gasteiger partial charge < -0.3 is 20.5 Å². The molecule has 5 nitrogen and oxygen atoms in total. The maximum absolute atomic E-state index is 9.31. The fourth-order valence-electron chi connectivity index (χ4n) is 3.79. The van der Waals surface area contributed by atoms with E-state index >= 15 is 0 Å². The van der Waals surface area contributed by atoms with Gasteiger partial charge in [0.2, 0.25) is 0 Å². The first-order chi connectivity index (χ1) is 11.3. The molecule has 0 aromatic carbocycles. The van der Waals surface area contributed by atoms with Crippen LogP contribution in [0, 0.1) is 11.3 Å². The minimum atomic E-state index is 0. The Balaban J connectivity index is 0.00000288. The number of guanidine groups is 1. The Labute approximate surface area is 164 Å². The van der Waals surface area contributed by atoms with Gasteiger partial charge in [-0.1, -0.05) is 32.1 Å². The number of hydrogen-bond donors (Lipinski definition) is 3. The summed E-state index contributed by atoms with van der Waals surface area (Å²) in [5.41, 5.74) is 0.0621. The highest BCUT2D eigenvalue weighted by Gasteiger charge is 2.34. The van der Waals surface area contributed by atoms with Crippen molar-refractivity contribution in [3.8, 4) is 0 Å². The van der Waals surface area contributed by atoms with Crippen molar-refractivity contribution >= 4 is 29.9 Å². The zero-order valence-electron chi connectivity index (χ0n) is 15.2. The number of aliphatic hydroxyl groups is 1. The Morgan fingerprint density at radius 1 is 1.17 bits per heavy atom. The number of rotatable bonds is 6. The van der Waals surface area contributed by atoms with Crippen LogP contribution in [0.25, 0.3) is 0 Å². The lowest BCUT2D eigenvalue weighted by molar-refractivity contribution is 0.127. The molecule has 142 valence electrons. The van der Waals surface area contributed by atoms with Crippen molar-refractivity contribution in [3.63, 3.8) is 0 Å². The normalized spacial score (nSPS) is 26.3. The molecule has 0 bridgehead atoms. The highest BCUT2D eigenvalue weighted by molar-refractivity contribution is 14.0. The fourth-order valence-corrected chi connectivity index (χ4v) is 3.79. The molecule has 0 amide bonds. The third-order valence-corrected chi connectivity index (χ3v) is 5.46. The van der Waals surface area contributed by atoms with E-state index in [0.717, 1.165) is 51.0 Å². The molecule has 6 heteroatoms. The van der Waals surface area contributed by atoms with E-state index in [4.69, 9.17) is 4.74 Å². The van der Waals surface area contributed by atoms with Crippen LogP contribution in [-0.4, -0.2) is 51.0 Å². The van der Waals surface area contributed by atoms with Crippen LogP contribution in [0.3, 0.4) is 0 Å². The number of halogens is 1. The predicted octanol–water partition coefficient (Wildman–Crippen LogP) is 2.92. The van der Waals surface area contributed by atoms with E-state index in [1.54, 1.807) is 0 Å². The van der Waals surface area contributed by atoms with Crippen molar-refractivity contribution in [2.75, 3.05) is 40.0 Å². The number of aliphatic imine (C=N–C) groups is 1. The first-order valence-corrected chi connectivity index (χ1v) is 9.41. The second-order valence-corrected chi connectivity index (χ2v) is 7.29. The van der Waals surface area contributed by atoms with Crippen LogP contribution < -0.4 is 10.6 Å². The van der Waals surface area contributed by atoms with E-state index in [9.17, 15) is 5.11 Å². The van der Waals surface area contributed by atoms with Gasteiger partial charge in [-0.15, -0.1) is 24.0 Å². The highest BCUT2D eigenvalue weighted by atomic mass is 127. The van der Waals surface area contributed by atoms with Gasteiger partial charge in [-0.3, -0.25) is 4.99 Å². The third-order valence-electron chi connectivity index (χ3n) is 5.46. The van der Waals surface area contributed by atoms with E-state index in [2.05, 4.69) is 15.6 Å². The van der Waals surface area contributed by atoms with Crippen molar-refractivity contribution in [2.24, 2.45) is 16.3 Å². The molecule has 3 N–H and O–H groups in total. The molecule has 1 aliphatic carbocycles. The van der Waals surface area contributed by atoms with E-state index in [0.29, 0.717) is 0 Å². The molecule has 1 saturated carbocycles. The summed E-state index contributed by atoms with van der Waals surface area (Å²) in [5, 5.41) is 16.3. The van der Waals surface area contributed by atoms with Gasteiger partial charge in [0.15, 0.2) is 5.96 Å². The number of hydrogen-bond acceptors (Lipinski definition) is 3. The van der Waals surface area contributed by atoms with Crippen molar-refractivity contribution in [2.45, 2.75) is 57.8 Å². The van der Waals surface area contributed by atoms with Gasteiger partial charge in [0.1, 0.15) is 0 Å². The molecule has 0 aromatic heterocycles. The van der Waals surface area contributed by atoms with E-state index in [1.807, 2.05) is 7.05 Å². The van der Waals surface area contributed by atoms with Crippen LogP contribution in [0.4, 0.5) is 0 Å². The van der Waals surface area contributed by atoms with E-state index < -0.39 is 0 Å². The zero-order valence-corrected chi connectivity index (χ0v) is 17.5. The average Bonchev–Trinajstić information content (AvgIpc) is 2.98. The molecular weight excluding hydrogens is 417 g/mol. The van der Waals surface area contributed by atoms with Crippen molar-refractivity contribution < 1.29 is 9.84 Å². The molecule has 0 radical (unpaired) electrons. The van der Waals surface area contributed by atoms with Gasteiger partial charge in [0.25, 0.3) is 0 Å². The maximum atomic E-state index is 9.31. The van der Waals surface area contributed by atoms with E-state index in [-0.39, 0.29) is 36.0 Å². The monoisotopic (exact) mass is 453 g/mol. The standard InChI is InChI=1S/C18H35N3O2.HI/c1-19-17(20-13-16-7-5-3-2-4-6-8-16)21-14-18(9-11-22)10-12-23-15-18;/h16,22H,2-15H2,1H3,(H2,19,20,21);1H. The van der Waals surface area contributed by atoms with Crippen LogP contribution in [0.5, 0.6) is 0 Å². The van der Waals surface area contributed by atoms with Crippen LogP contribution >= 0.6 is 24.0 Å². The lowest BCUT2D eigenvalue weighted by Crippen LogP contribution is -2.45. The summed E-state index contributed by atoms with van der Waals surface area (Å²) in [4.78, 5) is 4.36. The molecule has 2 aliphatic rings. The Morgan fingerprint density at radius 2 is 1.88 bits per heavy atom. The van der Waals surface area contributed by atoms with Crippen molar-refractivity contribution in [3.05, 3.63) is 0 Å². The van der Waals surface area contributed by atoms with Gasteiger partial charge in [-0.25, -0.2) is 0 Å². The minimum Gasteiger partial charge on any atom is -0.396 e. The first kappa shape index (κ1) is 22.0. The topological polar surface area (TPSA) is 65.9 Å². The molecule has 0 spiro atoms. The second kappa shape index (κ2) is 12.3. The summed E-state index contributed by atoms with van der Waals surface area (Å²) >= 11 is 0. The average molecular weight is 453 g/mol. The van der Waals surface area contributed by atoms with Gasteiger partial charge in [0, 0.05) is 38.8 Å². The molecule has 1 aliphatic heterocycles. The smallest absolute Gasteiger partial charge is 0.191 e. The van der Waals surface area contributed by atoms with Gasteiger partial charge in [-0.05, 0) is 31.6 Å². The minimum absolute atomic E-state index is 0. The van der Waals surface area contributed by atoms with E-state index in [1.165, 1.54) is 44.9 Å².